The highest BCUT2D eigenvalue weighted by Crippen LogP contribution is 2.22. The third kappa shape index (κ3) is 7.74. The number of nitrogens with one attached hydrogen (secondary N) is 1. The van der Waals surface area contributed by atoms with Crippen molar-refractivity contribution in [1.29, 1.82) is 0 Å². The van der Waals surface area contributed by atoms with Crippen LogP contribution in [0.5, 0.6) is 0 Å². The summed E-state index contributed by atoms with van der Waals surface area (Å²) in [4.78, 5) is 2.37. The molecule has 0 aromatic rings. The molecule has 0 heterocycles. The third-order valence-corrected chi connectivity index (χ3v) is 3.07. The summed E-state index contributed by atoms with van der Waals surface area (Å²) in [5, 5.41) is 3.62. The Kier molecular flexibility index (Phi) is 5.90. The monoisotopic (exact) mass is 242 g/mol. The van der Waals surface area contributed by atoms with Gasteiger partial charge in [0.25, 0.3) is 0 Å². The van der Waals surface area contributed by atoms with Crippen molar-refractivity contribution in [2.24, 2.45) is 5.41 Å². The number of rotatable bonds is 9. The third-order valence-electron chi connectivity index (χ3n) is 3.07. The fourth-order valence-electron chi connectivity index (χ4n) is 2.02. The van der Waals surface area contributed by atoms with Crippen molar-refractivity contribution in [3.63, 3.8) is 0 Å². The smallest absolute Gasteiger partial charge is 0.0596 e. The van der Waals surface area contributed by atoms with Crippen molar-refractivity contribution in [3.8, 4) is 0 Å². The summed E-state index contributed by atoms with van der Waals surface area (Å²) in [6.07, 6.45) is 3.08. The molecule has 0 amide bonds. The molecular weight excluding hydrogens is 212 g/mol. The molecule has 1 aliphatic rings. The molecular formula is C14H30N2O. The molecule has 3 nitrogen and oxygen atoms in total. The first-order valence-corrected chi connectivity index (χ1v) is 6.92. The van der Waals surface area contributed by atoms with Crippen LogP contribution in [0.4, 0.5) is 0 Å². The quantitative estimate of drug-likeness (QED) is 0.670. The van der Waals surface area contributed by atoms with Crippen LogP contribution in [0.15, 0.2) is 0 Å². The lowest BCUT2D eigenvalue weighted by Gasteiger charge is -2.30. The van der Waals surface area contributed by atoms with Crippen LogP contribution in [0.2, 0.25) is 0 Å². The van der Waals surface area contributed by atoms with Gasteiger partial charge in [-0.05, 0) is 39.2 Å². The van der Waals surface area contributed by atoms with Gasteiger partial charge in [0, 0.05) is 25.7 Å². The second-order valence-corrected chi connectivity index (χ2v) is 6.48. The molecule has 0 unspecified atom stereocenters. The van der Waals surface area contributed by atoms with E-state index in [2.05, 4.69) is 45.0 Å². The molecule has 102 valence electrons. The Balaban J connectivity index is 2.11. The second-order valence-electron chi connectivity index (χ2n) is 6.48. The Labute approximate surface area is 107 Å². The van der Waals surface area contributed by atoms with Crippen LogP contribution in [0, 0.1) is 5.41 Å². The van der Waals surface area contributed by atoms with Crippen molar-refractivity contribution in [2.45, 2.75) is 52.7 Å². The average Bonchev–Trinajstić information content (AvgIpc) is 2.96. The lowest BCUT2D eigenvalue weighted by atomic mass is 9.93. The summed E-state index contributed by atoms with van der Waals surface area (Å²) in [5.74, 6) is 0. The molecule has 0 aromatic carbocycles. The van der Waals surface area contributed by atoms with E-state index in [9.17, 15) is 0 Å². The normalized spacial score (nSPS) is 17.1. The molecule has 17 heavy (non-hydrogen) atoms. The van der Waals surface area contributed by atoms with E-state index in [1.807, 2.05) is 0 Å². The molecule has 1 saturated carbocycles. The Morgan fingerprint density at radius 2 is 2.00 bits per heavy atom. The fraction of sp³-hybridized carbons (Fsp3) is 1.00. The molecule has 1 rings (SSSR count). The van der Waals surface area contributed by atoms with Gasteiger partial charge in [-0.25, -0.2) is 0 Å². The molecule has 0 saturated heterocycles. The summed E-state index contributed by atoms with van der Waals surface area (Å²) in [7, 11) is 2.18. The first kappa shape index (κ1) is 14.9. The van der Waals surface area contributed by atoms with Crippen LogP contribution >= 0.6 is 0 Å². The number of hydrogen-bond acceptors (Lipinski definition) is 3. The van der Waals surface area contributed by atoms with E-state index >= 15 is 0 Å². The van der Waals surface area contributed by atoms with E-state index in [4.69, 9.17) is 4.74 Å². The lowest BCUT2D eigenvalue weighted by Crippen LogP contribution is -2.40. The molecule has 1 aliphatic carbocycles. The molecule has 0 aromatic heterocycles. The van der Waals surface area contributed by atoms with Gasteiger partial charge in [0.1, 0.15) is 0 Å². The number of likely N-dealkylation sites (N-methyl/N-ethyl adjacent to an activating group) is 1. The maximum atomic E-state index is 5.58. The highest BCUT2D eigenvalue weighted by atomic mass is 16.5. The van der Waals surface area contributed by atoms with Crippen LogP contribution < -0.4 is 5.32 Å². The molecule has 1 fully saturated rings. The van der Waals surface area contributed by atoms with Crippen LogP contribution in [-0.2, 0) is 4.74 Å². The van der Waals surface area contributed by atoms with Crippen molar-refractivity contribution in [1.82, 2.24) is 10.2 Å². The lowest BCUT2D eigenvalue weighted by molar-refractivity contribution is 0.0570. The van der Waals surface area contributed by atoms with E-state index in [-0.39, 0.29) is 0 Å². The van der Waals surface area contributed by atoms with Gasteiger partial charge >= 0.3 is 0 Å². The van der Waals surface area contributed by atoms with Gasteiger partial charge < -0.3 is 15.0 Å². The number of nitrogens with zero attached hydrogens (tertiary/aromatic N) is 1. The van der Waals surface area contributed by atoms with Crippen molar-refractivity contribution >= 4 is 0 Å². The summed E-state index contributed by atoms with van der Waals surface area (Å²) in [6.45, 7) is 12.9. The summed E-state index contributed by atoms with van der Waals surface area (Å²) in [6, 6.07) is 0.809. The van der Waals surface area contributed by atoms with Gasteiger partial charge in [0.15, 0.2) is 0 Å². The molecule has 1 N–H and O–H groups in total. The maximum Gasteiger partial charge on any atom is 0.0596 e. The molecule has 0 spiro atoms. The van der Waals surface area contributed by atoms with Crippen molar-refractivity contribution in [2.75, 3.05) is 33.3 Å². The van der Waals surface area contributed by atoms with Crippen molar-refractivity contribution in [3.05, 3.63) is 0 Å². The predicted octanol–water partition coefficient (Wildman–Crippen LogP) is 2.12. The highest BCUT2D eigenvalue weighted by Gasteiger charge is 2.25. The van der Waals surface area contributed by atoms with Gasteiger partial charge in [0.05, 0.1) is 12.7 Å². The Morgan fingerprint density at radius 3 is 2.53 bits per heavy atom. The molecule has 3 heteroatoms. The maximum absolute atomic E-state index is 5.58. The Morgan fingerprint density at radius 1 is 1.35 bits per heavy atom. The van der Waals surface area contributed by atoms with E-state index in [0.29, 0.717) is 11.5 Å². The Hall–Kier alpha value is -0.120. The second kappa shape index (κ2) is 6.72. The van der Waals surface area contributed by atoms with Gasteiger partial charge in [0.2, 0.25) is 0 Å². The molecule has 0 atom stereocenters. The Bertz CT molecular complexity index is 212. The van der Waals surface area contributed by atoms with Gasteiger partial charge in [-0.15, -0.1) is 0 Å². The van der Waals surface area contributed by atoms with Gasteiger partial charge in [-0.3, -0.25) is 0 Å². The van der Waals surface area contributed by atoms with E-state index in [1.54, 1.807) is 0 Å². The number of hydrogen-bond donors (Lipinski definition) is 1. The van der Waals surface area contributed by atoms with E-state index < -0.39 is 0 Å². The average molecular weight is 242 g/mol. The van der Waals surface area contributed by atoms with Crippen LogP contribution in [0.3, 0.4) is 0 Å². The standard InChI is InChI=1S/C14H30N2O/c1-12(2)17-9-8-16(5)11-14(3,4)10-15-13-6-7-13/h12-13,15H,6-11H2,1-5H3. The zero-order chi connectivity index (χ0) is 12.9. The van der Waals surface area contributed by atoms with Gasteiger partial charge in [-0.2, -0.15) is 0 Å². The molecule has 0 aliphatic heterocycles. The van der Waals surface area contributed by atoms with E-state index in [1.165, 1.54) is 12.8 Å². The first-order valence-electron chi connectivity index (χ1n) is 6.92. The summed E-state index contributed by atoms with van der Waals surface area (Å²) >= 11 is 0. The predicted molar refractivity (Wildman–Crippen MR) is 73.4 cm³/mol. The molecule has 0 bridgehead atoms. The summed E-state index contributed by atoms with van der Waals surface area (Å²) in [5.41, 5.74) is 0.342. The SMILES string of the molecule is CC(C)OCCN(C)CC(C)(C)CNC1CC1. The number of ether oxygens (including phenoxy) is 1. The highest BCUT2D eigenvalue weighted by molar-refractivity contribution is 4.84. The van der Waals surface area contributed by atoms with E-state index in [0.717, 1.165) is 32.3 Å². The van der Waals surface area contributed by atoms with Crippen LogP contribution in [0.25, 0.3) is 0 Å². The van der Waals surface area contributed by atoms with Gasteiger partial charge in [-0.1, -0.05) is 13.8 Å². The zero-order valence-electron chi connectivity index (χ0n) is 12.3. The summed E-state index contributed by atoms with van der Waals surface area (Å²) < 4.78 is 5.58. The minimum absolute atomic E-state index is 0.341. The minimum atomic E-state index is 0.341. The zero-order valence-corrected chi connectivity index (χ0v) is 12.3. The van der Waals surface area contributed by atoms with Crippen molar-refractivity contribution < 1.29 is 4.74 Å². The minimum Gasteiger partial charge on any atom is -0.377 e. The van der Waals surface area contributed by atoms with Crippen LogP contribution in [-0.4, -0.2) is 50.3 Å². The fourth-order valence-corrected chi connectivity index (χ4v) is 2.02. The van der Waals surface area contributed by atoms with Crippen LogP contribution in [0.1, 0.15) is 40.5 Å². The first-order chi connectivity index (χ1) is 7.89. The topological polar surface area (TPSA) is 24.5 Å². The largest absolute Gasteiger partial charge is 0.377 e. The molecule has 0 radical (unpaired) electrons.